The Morgan fingerprint density at radius 3 is 2.72 bits per heavy atom. The molecule has 0 N–H and O–H groups in total. The quantitative estimate of drug-likeness (QED) is 0.666. The maximum Gasteiger partial charge on any atom is 0.255 e. The molecule has 2 aromatic heterocycles. The topological polar surface area (TPSA) is 73.1 Å². The van der Waals surface area contributed by atoms with Crippen LogP contribution in [0, 0.1) is 5.41 Å². The maximum absolute atomic E-state index is 12.9. The molecule has 0 saturated heterocycles. The van der Waals surface area contributed by atoms with E-state index in [2.05, 4.69) is 34.8 Å². The number of aromatic nitrogens is 4. The van der Waals surface area contributed by atoms with Gasteiger partial charge in [-0.3, -0.25) is 9.36 Å². The standard InChI is InChI=1S/C22H25N5O2/c1-22(2)13-26(11-9-16-6-4-5-7-19(16)29-3)21-25-18(12-20(28)27(21)14-22)17-8-10-23-15-24-17/h4-8,10,12,15H,9,11,13-14H2,1-3H3. The molecular weight excluding hydrogens is 366 g/mol. The molecule has 29 heavy (non-hydrogen) atoms. The van der Waals surface area contributed by atoms with Crippen LogP contribution in [0.25, 0.3) is 11.4 Å². The average Bonchev–Trinajstić information content (AvgIpc) is 2.73. The summed E-state index contributed by atoms with van der Waals surface area (Å²) in [6.07, 6.45) is 3.92. The van der Waals surface area contributed by atoms with Crippen molar-refractivity contribution in [2.24, 2.45) is 5.41 Å². The number of anilines is 1. The smallest absolute Gasteiger partial charge is 0.255 e. The molecule has 0 aliphatic carbocycles. The summed E-state index contributed by atoms with van der Waals surface area (Å²) in [4.78, 5) is 28.1. The third kappa shape index (κ3) is 3.99. The van der Waals surface area contributed by atoms with Crippen molar-refractivity contribution < 1.29 is 4.74 Å². The lowest BCUT2D eigenvalue weighted by Gasteiger charge is -2.40. The summed E-state index contributed by atoms with van der Waals surface area (Å²) >= 11 is 0. The van der Waals surface area contributed by atoms with Gasteiger partial charge in [0.2, 0.25) is 5.95 Å². The zero-order valence-corrected chi connectivity index (χ0v) is 17.0. The van der Waals surface area contributed by atoms with E-state index in [0.29, 0.717) is 23.9 Å². The first kappa shape index (κ1) is 19.1. The van der Waals surface area contributed by atoms with Crippen molar-refractivity contribution in [3.05, 3.63) is 64.8 Å². The number of hydrogen-bond donors (Lipinski definition) is 0. The van der Waals surface area contributed by atoms with E-state index in [0.717, 1.165) is 30.8 Å². The number of fused-ring (bicyclic) bond motifs is 1. The van der Waals surface area contributed by atoms with E-state index in [1.54, 1.807) is 30.0 Å². The van der Waals surface area contributed by atoms with Gasteiger partial charge in [-0.1, -0.05) is 32.0 Å². The number of ether oxygens (including phenoxy) is 1. The van der Waals surface area contributed by atoms with Crippen molar-refractivity contribution in [1.82, 2.24) is 19.5 Å². The molecule has 7 heteroatoms. The molecule has 3 aromatic rings. The molecule has 1 aliphatic heterocycles. The first-order chi connectivity index (χ1) is 14.0. The normalized spacial score (nSPS) is 15.1. The van der Waals surface area contributed by atoms with Gasteiger partial charge < -0.3 is 9.64 Å². The molecule has 0 radical (unpaired) electrons. The van der Waals surface area contributed by atoms with E-state index in [-0.39, 0.29) is 11.0 Å². The van der Waals surface area contributed by atoms with Crippen LogP contribution in [0.5, 0.6) is 5.75 Å². The first-order valence-electron chi connectivity index (χ1n) is 9.72. The van der Waals surface area contributed by atoms with Crippen LogP contribution in [0.2, 0.25) is 0 Å². The van der Waals surface area contributed by atoms with E-state index >= 15 is 0 Å². The summed E-state index contributed by atoms with van der Waals surface area (Å²) in [6, 6.07) is 11.4. The van der Waals surface area contributed by atoms with Crippen LogP contribution in [-0.2, 0) is 13.0 Å². The zero-order chi connectivity index (χ0) is 20.4. The highest BCUT2D eigenvalue weighted by Crippen LogP contribution is 2.30. The second-order valence-corrected chi connectivity index (χ2v) is 8.11. The Balaban J connectivity index is 1.70. The summed E-state index contributed by atoms with van der Waals surface area (Å²) in [5.74, 6) is 1.57. The van der Waals surface area contributed by atoms with Gasteiger partial charge in [0.25, 0.3) is 5.56 Å². The van der Waals surface area contributed by atoms with Gasteiger partial charge in [0.05, 0.1) is 18.5 Å². The molecule has 4 rings (SSSR count). The average molecular weight is 391 g/mol. The molecule has 0 saturated carbocycles. The summed E-state index contributed by atoms with van der Waals surface area (Å²) in [5.41, 5.74) is 2.27. The molecule has 7 nitrogen and oxygen atoms in total. The second kappa shape index (κ2) is 7.66. The largest absolute Gasteiger partial charge is 0.496 e. The highest BCUT2D eigenvalue weighted by Gasteiger charge is 2.32. The minimum absolute atomic E-state index is 0.0320. The van der Waals surface area contributed by atoms with Crippen LogP contribution < -0.4 is 15.2 Å². The lowest BCUT2D eigenvalue weighted by Crippen LogP contribution is -2.48. The van der Waals surface area contributed by atoms with E-state index in [1.165, 1.54) is 6.33 Å². The molecule has 1 aromatic carbocycles. The Morgan fingerprint density at radius 2 is 1.97 bits per heavy atom. The summed E-state index contributed by atoms with van der Waals surface area (Å²) in [6.45, 7) is 6.56. The molecular formula is C22H25N5O2. The number of hydrogen-bond acceptors (Lipinski definition) is 6. The van der Waals surface area contributed by atoms with Crippen LogP contribution in [-0.4, -0.2) is 39.7 Å². The third-order valence-corrected chi connectivity index (χ3v) is 5.16. The number of para-hydroxylation sites is 1. The Kier molecular flexibility index (Phi) is 5.05. The molecule has 1 aliphatic rings. The fraction of sp³-hybridized carbons (Fsp3) is 0.364. The number of rotatable bonds is 5. The van der Waals surface area contributed by atoms with Gasteiger partial charge in [-0.05, 0) is 24.1 Å². The number of nitrogens with zero attached hydrogens (tertiary/aromatic N) is 5. The van der Waals surface area contributed by atoms with Gasteiger partial charge in [0.1, 0.15) is 12.1 Å². The van der Waals surface area contributed by atoms with Gasteiger partial charge >= 0.3 is 0 Å². The second-order valence-electron chi connectivity index (χ2n) is 8.11. The van der Waals surface area contributed by atoms with Crippen LogP contribution in [0.15, 0.2) is 53.7 Å². The molecule has 0 fully saturated rings. The van der Waals surface area contributed by atoms with Crippen molar-refractivity contribution in [3.8, 4) is 17.1 Å². The first-order valence-corrected chi connectivity index (χ1v) is 9.72. The third-order valence-electron chi connectivity index (χ3n) is 5.16. The molecule has 0 unspecified atom stereocenters. The van der Waals surface area contributed by atoms with Gasteiger partial charge in [-0.15, -0.1) is 0 Å². The van der Waals surface area contributed by atoms with Crippen LogP contribution in [0.1, 0.15) is 19.4 Å². The lowest BCUT2D eigenvalue weighted by molar-refractivity contribution is 0.274. The van der Waals surface area contributed by atoms with E-state index in [4.69, 9.17) is 9.72 Å². The van der Waals surface area contributed by atoms with Crippen molar-refractivity contribution in [1.29, 1.82) is 0 Å². The minimum atomic E-state index is -0.0568. The molecule has 0 atom stereocenters. The van der Waals surface area contributed by atoms with Gasteiger partial charge in [-0.2, -0.15) is 0 Å². The number of methoxy groups -OCH3 is 1. The predicted molar refractivity (Wildman–Crippen MR) is 112 cm³/mol. The Morgan fingerprint density at radius 1 is 1.14 bits per heavy atom. The molecule has 150 valence electrons. The van der Waals surface area contributed by atoms with Crippen molar-refractivity contribution in [2.45, 2.75) is 26.8 Å². The van der Waals surface area contributed by atoms with Crippen molar-refractivity contribution in [2.75, 3.05) is 25.1 Å². The summed E-state index contributed by atoms with van der Waals surface area (Å²) in [7, 11) is 1.69. The monoisotopic (exact) mass is 391 g/mol. The predicted octanol–water partition coefficient (Wildman–Crippen LogP) is 2.80. The van der Waals surface area contributed by atoms with Crippen LogP contribution >= 0.6 is 0 Å². The molecule has 0 bridgehead atoms. The summed E-state index contributed by atoms with van der Waals surface area (Å²) in [5, 5.41) is 0. The Hall–Kier alpha value is -3.22. The molecule has 0 spiro atoms. The molecule has 0 amide bonds. The summed E-state index contributed by atoms with van der Waals surface area (Å²) < 4.78 is 7.26. The maximum atomic E-state index is 12.9. The van der Waals surface area contributed by atoms with E-state index in [1.807, 2.05) is 18.2 Å². The highest BCUT2D eigenvalue weighted by atomic mass is 16.5. The SMILES string of the molecule is COc1ccccc1CCN1CC(C)(C)Cn2c1nc(-c1ccncn1)cc2=O. The van der Waals surface area contributed by atoms with E-state index in [9.17, 15) is 4.79 Å². The van der Waals surface area contributed by atoms with Gasteiger partial charge in [0, 0.05) is 37.3 Å². The number of benzene rings is 1. The van der Waals surface area contributed by atoms with Gasteiger partial charge in [0.15, 0.2) is 0 Å². The minimum Gasteiger partial charge on any atom is -0.496 e. The molecule has 3 heterocycles. The van der Waals surface area contributed by atoms with Gasteiger partial charge in [-0.25, -0.2) is 15.0 Å². The Bertz CT molecular complexity index is 1060. The highest BCUT2D eigenvalue weighted by molar-refractivity contribution is 5.55. The fourth-order valence-corrected chi connectivity index (χ4v) is 3.87. The van der Waals surface area contributed by atoms with Crippen molar-refractivity contribution >= 4 is 5.95 Å². The Labute approximate surface area is 170 Å². The fourth-order valence-electron chi connectivity index (χ4n) is 3.87. The van der Waals surface area contributed by atoms with Crippen LogP contribution in [0.3, 0.4) is 0 Å². The zero-order valence-electron chi connectivity index (χ0n) is 17.0. The van der Waals surface area contributed by atoms with Crippen molar-refractivity contribution in [3.63, 3.8) is 0 Å². The lowest BCUT2D eigenvalue weighted by atomic mass is 9.90. The van der Waals surface area contributed by atoms with Crippen LogP contribution in [0.4, 0.5) is 5.95 Å². The van der Waals surface area contributed by atoms with E-state index < -0.39 is 0 Å².